The number of benzene rings is 3. The van der Waals surface area contributed by atoms with E-state index in [0.29, 0.717) is 0 Å². The molecule has 4 rings (SSSR count). The van der Waals surface area contributed by atoms with E-state index in [0.717, 1.165) is 46.1 Å². The zero-order chi connectivity index (χ0) is 23.4. The first-order valence-corrected chi connectivity index (χ1v) is 11.4. The lowest BCUT2D eigenvalue weighted by Crippen LogP contribution is -2.28. The Hall–Kier alpha value is -3.67. The number of nitrogens with zero attached hydrogens (tertiary/aromatic N) is 1. The molecule has 0 unspecified atom stereocenters. The number of rotatable bonds is 7. The maximum absolute atomic E-state index is 12.7. The molecule has 1 fully saturated rings. The molecule has 3 aromatic carbocycles. The first-order valence-electron chi connectivity index (χ1n) is 11.4. The molecule has 3 aromatic rings. The Kier molecular flexibility index (Phi) is 6.73. The number of esters is 1. The SMILES string of the molecule is CCc1cccc(CC)c1NC(=O)COC(=O)[C@H]1CC(=O)N(c2cccc3ccccc23)C1. The molecule has 1 N–H and O–H groups in total. The number of ether oxygens (including phenoxy) is 1. The third-order valence-corrected chi connectivity index (χ3v) is 6.12. The Morgan fingerprint density at radius 1 is 0.970 bits per heavy atom. The summed E-state index contributed by atoms with van der Waals surface area (Å²) in [5.41, 5.74) is 3.67. The fourth-order valence-corrected chi connectivity index (χ4v) is 4.38. The summed E-state index contributed by atoms with van der Waals surface area (Å²) in [7, 11) is 0. The van der Waals surface area contributed by atoms with Crippen LogP contribution in [0.1, 0.15) is 31.4 Å². The van der Waals surface area contributed by atoms with E-state index in [4.69, 9.17) is 4.74 Å². The molecule has 1 heterocycles. The van der Waals surface area contributed by atoms with Crippen molar-refractivity contribution in [1.29, 1.82) is 0 Å². The minimum Gasteiger partial charge on any atom is -0.455 e. The largest absolute Gasteiger partial charge is 0.455 e. The number of hydrogen-bond acceptors (Lipinski definition) is 4. The Morgan fingerprint density at radius 2 is 1.64 bits per heavy atom. The molecule has 1 atom stereocenters. The molecule has 1 aliphatic rings. The molecular weight excluding hydrogens is 416 g/mol. The molecule has 6 nitrogen and oxygen atoms in total. The zero-order valence-electron chi connectivity index (χ0n) is 19.0. The van der Waals surface area contributed by atoms with E-state index in [2.05, 4.69) is 5.32 Å². The second-order valence-corrected chi connectivity index (χ2v) is 8.22. The smallest absolute Gasteiger partial charge is 0.311 e. The average Bonchev–Trinajstić information content (AvgIpc) is 3.23. The zero-order valence-corrected chi connectivity index (χ0v) is 19.0. The van der Waals surface area contributed by atoms with Gasteiger partial charge < -0.3 is 15.0 Å². The average molecular weight is 445 g/mol. The van der Waals surface area contributed by atoms with Crippen molar-refractivity contribution < 1.29 is 19.1 Å². The van der Waals surface area contributed by atoms with Gasteiger partial charge in [0, 0.05) is 24.0 Å². The number of para-hydroxylation sites is 1. The van der Waals surface area contributed by atoms with Gasteiger partial charge in [-0.1, -0.05) is 68.4 Å². The van der Waals surface area contributed by atoms with Crippen molar-refractivity contribution in [2.75, 3.05) is 23.4 Å². The monoisotopic (exact) mass is 444 g/mol. The van der Waals surface area contributed by atoms with Crippen LogP contribution in [-0.4, -0.2) is 30.9 Å². The van der Waals surface area contributed by atoms with Crippen LogP contribution in [0.4, 0.5) is 11.4 Å². The van der Waals surface area contributed by atoms with Gasteiger partial charge in [0.25, 0.3) is 5.91 Å². The number of amides is 2. The molecule has 6 heteroatoms. The highest BCUT2D eigenvalue weighted by Crippen LogP contribution is 2.32. The lowest BCUT2D eigenvalue weighted by molar-refractivity contribution is -0.151. The van der Waals surface area contributed by atoms with Gasteiger partial charge in [0.1, 0.15) is 0 Å². The lowest BCUT2D eigenvalue weighted by Gasteiger charge is -2.19. The van der Waals surface area contributed by atoms with Gasteiger partial charge in [-0.3, -0.25) is 14.4 Å². The fourth-order valence-electron chi connectivity index (χ4n) is 4.38. The quantitative estimate of drug-likeness (QED) is 0.545. The fraction of sp³-hybridized carbons (Fsp3) is 0.296. The summed E-state index contributed by atoms with van der Waals surface area (Å²) in [4.78, 5) is 39.5. The van der Waals surface area contributed by atoms with Crippen LogP contribution in [0, 0.1) is 5.92 Å². The Bertz CT molecular complexity index is 1180. The van der Waals surface area contributed by atoms with Crippen molar-refractivity contribution in [3.63, 3.8) is 0 Å². The van der Waals surface area contributed by atoms with Crippen LogP contribution in [-0.2, 0) is 32.0 Å². The van der Waals surface area contributed by atoms with Gasteiger partial charge in [0.15, 0.2) is 6.61 Å². The number of carbonyl (C=O) groups is 3. The lowest BCUT2D eigenvalue weighted by atomic mass is 10.0. The van der Waals surface area contributed by atoms with E-state index in [1.54, 1.807) is 4.90 Å². The van der Waals surface area contributed by atoms with Crippen LogP contribution in [0.3, 0.4) is 0 Å². The Morgan fingerprint density at radius 3 is 2.36 bits per heavy atom. The third kappa shape index (κ3) is 4.75. The minimum atomic E-state index is -0.599. The molecule has 33 heavy (non-hydrogen) atoms. The molecule has 0 radical (unpaired) electrons. The van der Waals surface area contributed by atoms with Crippen molar-refractivity contribution in [2.24, 2.45) is 5.92 Å². The summed E-state index contributed by atoms with van der Waals surface area (Å²) in [5.74, 6) is -1.63. The second-order valence-electron chi connectivity index (χ2n) is 8.22. The van der Waals surface area contributed by atoms with Crippen LogP contribution in [0.15, 0.2) is 60.7 Å². The van der Waals surface area contributed by atoms with Crippen LogP contribution in [0.25, 0.3) is 10.8 Å². The number of anilines is 2. The van der Waals surface area contributed by atoms with Crippen molar-refractivity contribution in [1.82, 2.24) is 0 Å². The second kappa shape index (κ2) is 9.86. The number of carbonyl (C=O) groups excluding carboxylic acids is 3. The molecular formula is C27H28N2O4. The summed E-state index contributed by atoms with van der Waals surface area (Å²) < 4.78 is 5.30. The highest BCUT2D eigenvalue weighted by molar-refractivity contribution is 6.06. The molecule has 0 saturated carbocycles. The summed E-state index contributed by atoms with van der Waals surface area (Å²) >= 11 is 0. The Labute approximate surface area is 193 Å². The minimum absolute atomic E-state index is 0.0718. The molecule has 0 bridgehead atoms. The molecule has 0 aliphatic carbocycles. The predicted octanol–water partition coefficient (Wildman–Crippen LogP) is 4.50. The normalized spacial score (nSPS) is 15.6. The number of nitrogens with one attached hydrogen (secondary N) is 1. The molecule has 1 saturated heterocycles. The first kappa shape index (κ1) is 22.5. The van der Waals surface area contributed by atoms with E-state index in [1.807, 2.05) is 74.5 Å². The van der Waals surface area contributed by atoms with E-state index < -0.39 is 11.9 Å². The van der Waals surface area contributed by atoms with Crippen molar-refractivity contribution >= 4 is 39.9 Å². The van der Waals surface area contributed by atoms with Gasteiger partial charge in [-0.05, 0) is 35.4 Å². The highest BCUT2D eigenvalue weighted by Gasteiger charge is 2.37. The topological polar surface area (TPSA) is 75.7 Å². The summed E-state index contributed by atoms with van der Waals surface area (Å²) in [6.07, 6.45) is 1.65. The van der Waals surface area contributed by atoms with Crippen molar-refractivity contribution in [3.05, 3.63) is 71.8 Å². The van der Waals surface area contributed by atoms with Crippen molar-refractivity contribution in [3.8, 4) is 0 Å². The highest BCUT2D eigenvalue weighted by atomic mass is 16.5. The maximum Gasteiger partial charge on any atom is 0.311 e. The molecule has 2 amide bonds. The number of fused-ring (bicyclic) bond motifs is 1. The van der Waals surface area contributed by atoms with Crippen LogP contribution >= 0.6 is 0 Å². The van der Waals surface area contributed by atoms with E-state index in [9.17, 15) is 14.4 Å². The summed E-state index contributed by atoms with van der Waals surface area (Å²) in [5, 5.41) is 4.89. The van der Waals surface area contributed by atoms with Crippen LogP contribution in [0.2, 0.25) is 0 Å². The van der Waals surface area contributed by atoms with Crippen LogP contribution in [0.5, 0.6) is 0 Å². The van der Waals surface area contributed by atoms with Gasteiger partial charge >= 0.3 is 5.97 Å². The number of aryl methyl sites for hydroxylation is 2. The first-order chi connectivity index (χ1) is 16.0. The molecule has 0 spiro atoms. The predicted molar refractivity (Wildman–Crippen MR) is 129 cm³/mol. The van der Waals surface area contributed by atoms with Crippen molar-refractivity contribution in [2.45, 2.75) is 33.1 Å². The van der Waals surface area contributed by atoms with Crippen LogP contribution < -0.4 is 10.2 Å². The van der Waals surface area contributed by atoms with Gasteiger partial charge in [-0.25, -0.2) is 0 Å². The third-order valence-electron chi connectivity index (χ3n) is 6.12. The molecule has 0 aromatic heterocycles. The maximum atomic E-state index is 12.7. The van der Waals surface area contributed by atoms with Gasteiger partial charge in [-0.2, -0.15) is 0 Å². The van der Waals surface area contributed by atoms with Gasteiger partial charge in [-0.15, -0.1) is 0 Å². The standard InChI is InChI=1S/C27H28N2O4/c1-3-18-10-7-11-19(4-2)26(18)28-24(30)17-33-27(32)21-15-25(31)29(16-21)23-14-8-12-20-9-5-6-13-22(20)23/h5-14,21H,3-4,15-17H2,1-2H3,(H,28,30)/t21-/m0/s1. The number of hydrogen-bond donors (Lipinski definition) is 1. The molecule has 170 valence electrons. The Balaban J connectivity index is 1.39. The van der Waals surface area contributed by atoms with E-state index in [-0.39, 0.29) is 31.4 Å². The van der Waals surface area contributed by atoms with Gasteiger partial charge in [0.2, 0.25) is 5.91 Å². The van der Waals surface area contributed by atoms with Gasteiger partial charge in [0.05, 0.1) is 11.6 Å². The van der Waals surface area contributed by atoms with E-state index in [1.165, 1.54) is 0 Å². The summed E-state index contributed by atoms with van der Waals surface area (Å²) in [6.45, 7) is 3.93. The summed E-state index contributed by atoms with van der Waals surface area (Å²) in [6, 6.07) is 19.5. The molecule has 1 aliphatic heterocycles. The van der Waals surface area contributed by atoms with E-state index >= 15 is 0 Å².